The average Bonchev–Trinajstić information content (AvgIpc) is 1.80. The molecule has 0 aliphatic carbocycles. The molecule has 0 aromatic carbocycles. The molecule has 2 nitrogen and oxygen atoms in total. The van der Waals surface area contributed by atoms with Gasteiger partial charge < -0.3 is 11.1 Å². The second-order valence-corrected chi connectivity index (χ2v) is 2.27. The van der Waals surface area contributed by atoms with E-state index in [1.165, 1.54) is 0 Å². The van der Waals surface area contributed by atoms with Crippen LogP contribution in [0.3, 0.4) is 0 Å². The van der Waals surface area contributed by atoms with Gasteiger partial charge in [-0.2, -0.15) is 0 Å². The van der Waals surface area contributed by atoms with Crippen LogP contribution in [0.1, 0.15) is 13.8 Å². The summed E-state index contributed by atoms with van der Waals surface area (Å²) in [6, 6.07) is 0.562. The van der Waals surface area contributed by atoms with E-state index < -0.39 is 0 Å². The van der Waals surface area contributed by atoms with Gasteiger partial charge in [0.05, 0.1) is 0 Å². The Kier molecular flexibility index (Phi) is 5.57. The summed E-state index contributed by atoms with van der Waals surface area (Å²) >= 11 is 0. The fourth-order valence-corrected chi connectivity index (χ4v) is 0.483. The lowest BCUT2D eigenvalue weighted by Crippen LogP contribution is -2.22. The lowest BCUT2D eigenvalue weighted by molar-refractivity contribution is 0.632. The fraction of sp³-hybridized carbons (Fsp3) is 0.714. The number of rotatable bonds is 4. The van der Waals surface area contributed by atoms with Crippen LogP contribution < -0.4 is 11.1 Å². The molecule has 0 radical (unpaired) electrons. The van der Waals surface area contributed by atoms with Crippen molar-refractivity contribution in [3.8, 4) is 0 Å². The van der Waals surface area contributed by atoms with E-state index in [4.69, 9.17) is 5.73 Å². The fourth-order valence-electron chi connectivity index (χ4n) is 0.483. The molecule has 0 aliphatic heterocycles. The summed E-state index contributed by atoms with van der Waals surface area (Å²) in [4.78, 5) is 0. The van der Waals surface area contributed by atoms with Crippen molar-refractivity contribution in [1.82, 2.24) is 5.32 Å². The van der Waals surface area contributed by atoms with E-state index in [-0.39, 0.29) is 0 Å². The standard InChI is InChI=1S/C7H16N2/c1-7(2)9-6-4-3-5-8/h3-4,7,9H,5-6,8H2,1-2H3/b4-3+. The monoisotopic (exact) mass is 128 g/mol. The first-order valence-corrected chi connectivity index (χ1v) is 3.36. The number of nitrogens with one attached hydrogen (secondary N) is 1. The summed E-state index contributed by atoms with van der Waals surface area (Å²) in [5, 5.41) is 3.24. The highest BCUT2D eigenvalue weighted by Gasteiger charge is 1.84. The minimum Gasteiger partial charge on any atom is -0.327 e. The quantitative estimate of drug-likeness (QED) is 0.541. The summed E-state index contributed by atoms with van der Waals surface area (Å²) in [7, 11) is 0. The molecule has 0 spiro atoms. The van der Waals surface area contributed by atoms with Crippen molar-refractivity contribution in [2.24, 2.45) is 5.73 Å². The van der Waals surface area contributed by atoms with Crippen molar-refractivity contribution in [1.29, 1.82) is 0 Å². The van der Waals surface area contributed by atoms with Crippen LogP contribution in [0.15, 0.2) is 12.2 Å². The summed E-state index contributed by atoms with van der Waals surface area (Å²) in [5.41, 5.74) is 5.23. The molecule has 0 rings (SSSR count). The summed E-state index contributed by atoms with van der Waals surface area (Å²) in [5.74, 6) is 0. The maximum atomic E-state index is 5.23. The predicted molar refractivity (Wildman–Crippen MR) is 41.3 cm³/mol. The topological polar surface area (TPSA) is 38.0 Å². The maximum absolute atomic E-state index is 5.23. The van der Waals surface area contributed by atoms with Crippen LogP contribution in [0.4, 0.5) is 0 Å². The maximum Gasteiger partial charge on any atom is 0.0137 e. The molecule has 0 atom stereocenters. The number of hydrogen-bond donors (Lipinski definition) is 2. The Morgan fingerprint density at radius 3 is 2.56 bits per heavy atom. The lowest BCUT2D eigenvalue weighted by Gasteiger charge is -2.02. The molecule has 0 aliphatic rings. The molecular weight excluding hydrogens is 112 g/mol. The SMILES string of the molecule is CC(C)NC/C=C/CN. The molecule has 0 aromatic rings. The Morgan fingerprint density at radius 1 is 1.44 bits per heavy atom. The summed E-state index contributed by atoms with van der Waals surface area (Å²) in [6.07, 6.45) is 4.00. The highest BCUT2D eigenvalue weighted by molar-refractivity contribution is 4.84. The minimum absolute atomic E-state index is 0.562. The van der Waals surface area contributed by atoms with Crippen molar-refractivity contribution >= 4 is 0 Å². The van der Waals surface area contributed by atoms with Crippen LogP contribution in [0.5, 0.6) is 0 Å². The Balaban J connectivity index is 2.99. The Morgan fingerprint density at radius 2 is 2.11 bits per heavy atom. The predicted octanol–water partition coefficient (Wildman–Crippen LogP) is 0.499. The molecule has 0 aromatic heterocycles. The average molecular weight is 128 g/mol. The molecule has 9 heavy (non-hydrogen) atoms. The van der Waals surface area contributed by atoms with Gasteiger partial charge in [0, 0.05) is 19.1 Å². The van der Waals surface area contributed by atoms with E-state index in [0.717, 1.165) is 6.54 Å². The van der Waals surface area contributed by atoms with Gasteiger partial charge in [-0.1, -0.05) is 26.0 Å². The molecule has 0 saturated heterocycles. The van der Waals surface area contributed by atoms with E-state index in [1.807, 2.05) is 12.2 Å². The largest absolute Gasteiger partial charge is 0.327 e. The minimum atomic E-state index is 0.562. The smallest absolute Gasteiger partial charge is 0.0137 e. The molecule has 0 bridgehead atoms. The van der Waals surface area contributed by atoms with E-state index in [2.05, 4.69) is 19.2 Å². The molecular formula is C7H16N2. The van der Waals surface area contributed by atoms with Gasteiger partial charge in [-0.25, -0.2) is 0 Å². The normalized spacial score (nSPS) is 11.6. The van der Waals surface area contributed by atoms with Gasteiger partial charge >= 0.3 is 0 Å². The number of nitrogens with two attached hydrogens (primary N) is 1. The van der Waals surface area contributed by atoms with Crippen molar-refractivity contribution in [2.45, 2.75) is 19.9 Å². The summed E-state index contributed by atoms with van der Waals surface area (Å²) in [6.45, 7) is 5.81. The van der Waals surface area contributed by atoms with Gasteiger partial charge in [0.1, 0.15) is 0 Å². The van der Waals surface area contributed by atoms with Crippen molar-refractivity contribution in [2.75, 3.05) is 13.1 Å². The molecule has 0 amide bonds. The van der Waals surface area contributed by atoms with E-state index in [1.54, 1.807) is 0 Å². The van der Waals surface area contributed by atoms with Gasteiger partial charge in [-0.05, 0) is 0 Å². The van der Waals surface area contributed by atoms with Crippen molar-refractivity contribution in [3.63, 3.8) is 0 Å². The Labute approximate surface area is 57.1 Å². The Hall–Kier alpha value is -0.340. The van der Waals surface area contributed by atoms with Gasteiger partial charge in [0.25, 0.3) is 0 Å². The van der Waals surface area contributed by atoms with Gasteiger partial charge in [0.2, 0.25) is 0 Å². The van der Waals surface area contributed by atoms with Crippen LogP contribution in [0.2, 0.25) is 0 Å². The first kappa shape index (κ1) is 8.66. The highest BCUT2D eigenvalue weighted by atomic mass is 14.9. The molecule has 2 heteroatoms. The van der Waals surface area contributed by atoms with Crippen molar-refractivity contribution < 1.29 is 0 Å². The van der Waals surface area contributed by atoms with Crippen LogP contribution >= 0.6 is 0 Å². The highest BCUT2D eigenvalue weighted by Crippen LogP contribution is 1.74. The van der Waals surface area contributed by atoms with Crippen LogP contribution in [0.25, 0.3) is 0 Å². The van der Waals surface area contributed by atoms with E-state index in [0.29, 0.717) is 12.6 Å². The molecule has 0 unspecified atom stereocenters. The molecule has 0 saturated carbocycles. The molecule has 0 fully saturated rings. The third-order valence-electron chi connectivity index (χ3n) is 0.947. The third kappa shape index (κ3) is 7.66. The number of hydrogen-bond acceptors (Lipinski definition) is 2. The van der Waals surface area contributed by atoms with Gasteiger partial charge in [0.15, 0.2) is 0 Å². The first-order valence-electron chi connectivity index (χ1n) is 3.36. The molecule has 54 valence electrons. The van der Waals surface area contributed by atoms with Crippen LogP contribution in [-0.4, -0.2) is 19.1 Å². The lowest BCUT2D eigenvalue weighted by atomic mass is 10.4. The molecule has 3 N–H and O–H groups in total. The van der Waals surface area contributed by atoms with Crippen molar-refractivity contribution in [3.05, 3.63) is 12.2 Å². The van der Waals surface area contributed by atoms with E-state index >= 15 is 0 Å². The second-order valence-electron chi connectivity index (χ2n) is 2.27. The van der Waals surface area contributed by atoms with Gasteiger partial charge in [-0.15, -0.1) is 0 Å². The zero-order valence-electron chi connectivity index (χ0n) is 6.22. The third-order valence-corrected chi connectivity index (χ3v) is 0.947. The van der Waals surface area contributed by atoms with E-state index in [9.17, 15) is 0 Å². The second kappa shape index (κ2) is 5.79. The summed E-state index contributed by atoms with van der Waals surface area (Å²) < 4.78 is 0. The first-order chi connectivity index (χ1) is 4.27. The molecule has 0 heterocycles. The Bertz CT molecular complexity index is 77.0. The van der Waals surface area contributed by atoms with Gasteiger partial charge in [-0.3, -0.25) is 0 Å². The zero-order valence-corrected chi connectivity index (χ0v) is 6.22. The van der Waals surface area contributed by atoms with Crippen LogP contribution in [-0.2, 0) is 0 Å². The van der Waals surface area contributed by atoms with Crippen LogP contribution in [0, 0.1) is 0 Å². The zero-order chi connectivity index (χ0) is 7.11.